The summed E-state index contributed by atoms with van der Waals surface area (Å²) >= 11 is 0. The number of ether oxygens (including phenoxy) is 2. The number of esters is 1. The SMILES string of the molecule is CCOC(=O)C1CN(C(=O)CCCCCNC(=O)O[C@H]2CC[C@@]3(C)C(=CCC4C3CC[C@@]3(C)C4CC[C@@H]3/C(C)=C\CCC(C)C)C2)[C@@H]2C(C)=C12. The standard InChI is InChI=1S/C43H66N2O5/c1-8-49-40(47)33-26-45(39-29(5)38(33)39)37(46)15-10-9-11-24-44-41(48)50-31-20-22-42(6)30(25-31)16-17-32-35-19-18-34(28(4)14-12-13-27(2)3)43(35,7)23-21-36(32)42/h14,16,27,31-36,39H,8-13,15,17-26H2,1-7H3,(H,44,48)/b28-14-/t31-,32?,33?,34+,35?,36?,39+,42-,43+/m0/s1. The number of unbranched alkanes of at least 4 members (excludes halogenated alkanes) is 2. The van der Waals surface area contributed by atoms with Crippen molar-refractivity contribution in [3.05, 3.63) is 34.4 Å². The van der Waals surface area contributed by atoms with Crippen molar-refractivity contribution in [2.24, 2.45) is 46.3 Å². The van der Waals surface area contributed by atoms with Crippen LogP contribution < -0.4 is 5.32 Å². The molecule has 50 heavy (non-hydrogen) atoms. The zero-order chi connectivity index (χ0) is 35.8. The van der Waals surface area contributed by atoms with Crippen molar-refractivity contribution in [1.29, 1.82) is 0 Å². The lowest BCUT2D eigenvalue weighted by atomic mass is 9.47. The third-order valence-corrected chi connectivity index (χ3v) is 14.5. The number of amides is 2. The molecule has 1 heterocycles. The van der Waals surface area contributed by atoms with Gasteiger partial charge in [0.15, 0.2) is 0 Å². The Labute approximate surface area is 302 Å². The van der Waals surface area contributed by atoms with Crippen LogP contribution in [-0.2, 0) is 19.1 Å². The second-order valence-electron chi connectivity index (χ2n) is 17.8. The summed E-state index contributed by atoms with van der Waals surface area (Å²) in [5.41, 5.74) is 6.11. The molecule has 0 aromatic carbocycles. The zero-order valence-corrected chi connectivity index (χ0v) is 32.3. The Hall–Kier alpha value is -2.57. The van der Waals surface area contributed by atoms with Gasteiger partial charge in [0.05, 0.1) is 18.6 Å². The fraction of sp³-hybridized carbons (Fsp3) is 0.791. The van der Waals surface area contributed by atoms with Gasteiger partial charge in [0.25, 0.3) is 0 Å². The van der Waals surface area contributed by atoms with E-state index in [-0.39, 0.29) is 41.4 Å². The normalized spacial score (nSPS) is 35.9. The number of nitrogens with one attached hydrogen (secondary N) is 1. The molecule has 0 radical (unpaired) electrons. The topological polar surface area (TPSA) is 84.9 Å². The predicted molar refractivity (Wildman–Crippen MR) is 198 cm³/mol. The molecule has 2 amide bonds. The number of alkyl carbamates (subject to hydrolysis) is 1. The summed E-state index contributed by atoms with van der Waals surface area (Å²) in [5.74, 6) is 3.48. The van der Waals surface area contributed by atoms with Crippen molar-refractivity contribution in [2.75, 3.05) is 19.7 Å². The van der Waals surface area contributed by atoms with E-state index in [0.29, 0.717) is 31.5 Å². The maximum atomic E-state index is 12.9. The number of nitrogens with zero attached hydrogens (tertiary/aromatic N) is 1. The Kier molecular flexibility index (Phi) is 11.3. The summed E-state index contributed by atoms with van der Waals surface area (Å²) in [5, 5.41) is 2.97. The number of fused-ring (bicyclic) bond motifs is 6. The molecule has 0 spiro atoms. The molecule has 0 aromatic rings. The van der Waals surface area contributed by atoms with Crippen molar-refractivity contribution in [1.82, 2.24) is 10.2 Å². The largest absolute Gasteiger partial charge is 0.465 e. The van der Waals surface area contributed by atoms with Gasteiger partial charge in [-0.2, -0.15) is 0 Å². The molecule has 7 nitrogen and oxygen atoms in total. The average Bonchev–Trinajstić information content (AvgIpc) is 3.38. The van der Waals surface area contributed by atoms with Gasteiger partial charge in [-0.25, -0.2) is 4.79 Å². The maximum absolute atomic E-state index is 12.9. The summed E-state index contributed by atoms with van der Waals surface area (Å²) in [6, 6.07) is 0.0337. The number of rotatable bonds is 13. The molecule has 1 N–H and O–H groups in total. The first-order valence-corrected chi connectivity index (χ1v) is 20.4. The van der Waals surface area contributed by atoms with E-state index in [9.17, 15) is 14.4 Å². The fourth-order valence-corrected chi connectivity index (χ4v) is 11.7. The van der Waals surface area contributed by atoms with Crippen LogP contribution >= 0.6 is 0 Å². The molecule has 6 aliphatic rings. The van der Waals surface area contributed by atoms with Gasteiger partial charge in [0, 0.05) is 25.9 Å². The van der Waals surface area contributed by atoms with Gasteiger partial charge in [-0.1, -0.05) is 57.4 Å². The summed E-state index contributed by atoms with van der Waals surface area (Å²) in [6.07, 6.45) is 19.8. The van der Waals surface area contributed by atoms with Gasteiger partial charge < -0.3 is 19.7 Å². The van der Waals surface area contributed by atoms with E-state index in [2.05, 4.69) is 52.1 Å². The highest BCUT2D eigenvalue weighted by atomic mass is 16.6. The summed E-state index contributed by atoms with van der Waals surface area (Å²) in [6.45, 7) is 17.4. The fourth-order valence-electron chi connectivity index (χ4n) is 11.7. The minimum Gasteiger partial charge on any atom is -0.465 e. The number of hydrogen-bond donors (Lipinski definition) is 1. The van der Waals surface area contributed by atoms with Gasteiger partial charge in [-0.3, -0.25) is 9.59 Å². The highest BCUT2D eigenvalue weighted by molar-refractivity contribution is 5.87. The molecule has 9 atom stereocenters. The lowest BCUT2D eigenvalue weighted by Crippen LogP contribution is -2.50. The first-order chi connectivity index (χ1) is 23.9. The second-order valence-corrected chi connectivity index (χ2v) is 17.8. The van der Waals surface area contributed by atoms with Crippen LogP contribution in [0.15, 0.2) is 34.4 Å². The minimum atomic E-state index is -0.309. The average molecular weight is 691 g/mol. The van der Waals surface area contributed by atoms with Gasteiger partial charge in [0.2, 0.25) is 5.91 Å². The summed E-state index contributed by atoms with van der Waals surface area (Å²) < 4.78 is 11.2. The van der Waals surface area contributed by atoms with Gasteiger partial charge >= 0.3 is 12.1 Å². The Balaban J connectivity index is 0.912. The van der Waals surface area contributed by atoms with Gasteiger partial charge in [0.1, 0.15) is 6.10 Å². The van der Waals surface area contributed by atoms with Crippen molar-refractivity contribution in [2.45, 2.75) is 151 Å². The minimum absolute atomic E-state index is 0.0337. The van der Waals surface area contributed by atoms with E-state index in [1.165, 1.54) is 44.9 Å². The molecule has 0 aromatic heterocycles. The number of carbonyl (C=O) groups excluding carboxylic acids is 3. The maximum Gasteiger partial charge on any atom is 0.407 e. The van der Waals surface area contributed by atoms with Crippen LogP contribution in [0.3, 0.4) is 0 Å². The van der Waals surface area contributed by atoms with Gasteiger partial charge in [-0.15, -0.1) is 0 Å². The van der Waals surface area contributed by atoms with Crippen molar-refractivity contribution >= 4 is 18.0 Å². The van der Waals surface area contributed by atoms with Crippen LogP contribution in [0.2, 0.25) is 0 Å². The monoisotopic (exact) mass is 690 g/mol. The van der Waals surface area contributed by atoms with Crippen LogP contribution in [0.1, 0.15) is 138 Å². The van der Waals surface area contributed by atoms with Crippen molar-refractivity contribution in [3.8, 4) is 0 Å². The second kappa shape index (κ2) is 15.2. The Morgan fingerprint density at radius 3 is 2.62 bits per heavy atom. The summed E-state index contributed by atoms with van der Waals surface area (Å²) in [7, 11) is 0. The van der Waals surface area contributed by atoms with Crippen LogP contribution in [0.4, 0.5) is 4.79 Å². The van der Waals surface area contributed by atoms with Crippen LogP contribution in [-0.4, -0.2) is 54.7 Å². The number of hydrogen-bond acceptors (Lipinski definition) is 5. The van der Waals surface area contributed by atoms with E-state index in [1.807, 2.05) is 18.7 Å². The number of likely N-dealkylation sites (tertiary alicyclic amines) is 1. The molecule has 1 saturated heterocycles. The first-order valence-electron chi connectivity index (χ1n) is 20.4. The van der Waals surface area contributed by atoms with Crippen molar-refractivity contribution in [3.63, 3.8) is 0 Å². The molecule has 278 valence electrons. The first kappa shape index (κ1) is 37.2. The molecule has 4 fully saturated rings. The third kappa shape index (κ3) is 7.22. The molecular weight excluding hydrogens is 624 g/mol. The van der Waals surface area contributed by atoms with Crippen LogP contribution in [0.5, 0.6) is 0 Å². The van der Waals surface area contributed by atoms with E-state index < -0.39 is 0 Å². The number of carbonyl (C=O) groups is 3. The van der Waals surface area contributed by atoms with E-state index in [0.717, 1.165) is 79.3 Å². The molecular formula is C43H66N2O5. The van der Waals surface area contributed by atoms with Crippen LogP contribution in [0.25, 0.3) is 0 Å². The molecule has 7 heteroatoms. The predicted octanol–water partition coefficient (Wildman–Crippen LogP) is 9.32. The van der Waals surface area contributed by atoms with E-state index in [4.69, 9.17) is 9.47 Å². The quantitative estimate of drug-likeness (QED) is 0.118. The van der Waals surface area contributed by atoms with E-state index in [1.54, 1.807) is 11.1 Å². The molecule has 4 unspecified atom stereocenters. The highest BCUT2D eigenvalue weighted by Crippen LogP contribution is 2.67. The molecule has 3 saturated carbocycles. The lowest BCUT2D eigenvalue weighted by Gasteiger charge is -2.58. The molecule has 0 bridgehead atoms. The smallest absolute Gasteiger partial charge is 0.407 e. The molecule has 1 aliphatic heterocycles. The Morgan fingerprint density at radius 1 is 1.06 bits per heavy atom. The highest BCUT2D eigenvalue weighted by Gasteiger charge is 2.59. The third-order valence-electron chi connectivity index (χ3n) is 14.5. The molecule has 5 aliphatic carbocycles. The van der Waals surface area contributed by atoms with Crippen LogP contribution in [0, 0.1) is 46.3 Å². The zero-order valence-electron chi connectivity index (χ0n) is 32.3. The number of allylic oxidation sites excluding steroid dienone is 3. The molecule has 6 rings (SSSR count). The lowest BCUT2D eigenvalue weighted by molar-refractivity contribution is -0.146. The Morgan fingerprint density at radius 2 is 1.86 bits per heavy atom. The Bertz CT molecular complexity index is 1390. The summed E-state index contributed by atoms with van der Waals surface area (Å²) in [4.78, 5) is 39.8. The van der Waals surface area contributed by atoms with E-state index >= 15 is 0 Å². The van der Waals surface area contributed by atoms with Gasteiger partial charge in [-0.05, 0) is 143 Å². The van der Waals surface area contributed by atoms with Crippen molar-refractivity contribution < 1.29 is 23.9 Å².